The van der Waals surface area contributed by atoms with Gasteiger partial charge in [-0.15, -0.1) is 5.10 Å². The molecule has 1 amide bonds. The van der Waals surface area contributed by atoms with Gasteiger partial charge >= 0.3 is 5.97 Å². The second kappa shape index (κ2) is 7.39. The fourth-order valence-electron chi connectivity index (χ4n) is 2.14. The van der Waals surface area contributed by atoms with Crippen LogP contribution in [0.4, 0.5) is 4.39 Å². The third-order valence-corrected chi connectivity index (χ3v) is 3.77. The minimum atomic E-state index is -0.911. The Labute approximate surface area is 142 Å². The van der Waals surface area contributed by atoms with Gasteiger partial charge in [0.15, 0.2) is 5.69 Å². The molecule has 0 aliphatic carbocycles. The Kier molecular flexibility index (Phi) is 5.50. The van der Waals surface area contributed by atoms with Crippen LogP contribution in [0.15, 0.2) is 18.2 Å². The highest BCUT2D eigenvalue weighted by Crippen LogP contribution is 2.20. The van der Waals surface area contributed by atoms with Crippen molar-refractivity contribution < 1.29 is 19.1 Å². The zero-order valence-electron chi connectivity index (χ0n) is 13.2. The van der Waals surface area contributed by atoms with Crippen LogP contribution < -0.4 is 0 Å². The van der Waals surface area contributed by atoms with Crippen molar-refractivity contribution >= 4 is 23.5 Å². The molecular formula is C15H16ClFN4O3. The Morgan fingerprint density at radius 2 is 2.12 bits per heavy atom. The first-order valence-corrected chi connectivity index (χ1v) is 7.54. The van der Waals surface area contributed by atoms with Crippen LogP contribution in [0.5, 0.6) is 0 Å². The van der Waals surface area contributed by atoms with E-state index in [0.717, 1.165) is 0 Å². The molecule has 2 aromatic rings. The summed E-state index contributed by atoms with van der Waals surface area (Å²) in [5.41, 5.74) is 1.11. The lowest BCUT2D eigenvalue weighted by Crippen LogP contribution is -2.29. The summed E-state index contributed by atoms with van der Waals surface area (Å²) in [6, 6.07) is 4.08. The van der Waals surface area contributed by atoms with Gasteiger partial charge in [0.1, 0.15) is 5.82 Å². The van der Waals surface area contributed by atoms with Gasteiger partial charge in [0.25, 0.3) is 5.91 Å². The lowest BCUT2D eigenvalue weighted by molar-refractivity contribution is -0.137. The Morgan fingerprint density at radius 3 is 2.75 bits per heavy atom. The van der Waals surface area contributed by atoms with E-state index in [1.165, 1.54) is 27.8 Å². The van der Waals surface area contributed by atoms with Crippen molar-refractivity contribution in [1.82, 2.24) is 19.9 Å². The summed E-state index contributed by atoms with van der Waals surface area (Å²) < 4.78 is 14.6. The third-order valence-electron chi connectivity index (χ3n) is 3.48. The van der Waals surface area contributed by atoms with E-state index in [2.05, 4.69) is 10.3 Å². The van der Waals surface area contributed by atoms with Crippen LogP contribution in [0, 0.1) is 12.7 Å². The molecule has 0 fully saturated rings. The summed E-state index contributed by atoms with van der Waals surface area (Å²) in [5.74, 6) is -1.82. The second-order valence-electron chi connectivity index (χ2n) is 5.26. The molecule has 2 rings (SSSR count). The van der Waals surface area contributed by atoms with Gasteiger partial charge < -0.3 is 10.0 Å². The van der Waals surface area contributed by atoms with E-state index < -0.39 is 11.8 Å². The molecule has 7 nitrogen and oxygen atoms in total. The summed E-state index contributed by atoms with van der Waals surface area (Å²) in [4.78, 5) is 24.3. The Morgan fingerprint density at radius 1 is 1.42 bits per heavy atom. The molecule has 1 aromatic heterocycles. The van der Waals surface area contributed by atoms with Crippen LogP contribution in [0.25, 0.3) is 5.69 Å². The number of carboxylic acids is 1. The van der Waals surface area contributed by atoms with Gasteiger partial charge in [0.05, 0.1) is 16.4 Å². The number of carboxylic acid groups (broad SMARTS) is 1. The highest BCUT2D eigenvalue weighted by molar-refractivity contribution is 6.30. The maximum atomic E-state index is 13.2. The molecule has 1 N–H and O–H groups in total. The number of nitrogens with zero attached hydrogens (tertiary/aromatic N) is 4. The van der Waals surface area contributed by atoms with Crippen molar-refractivity contribution in [2.45, 2.75) is 19.8 Å². The molecule has 1 heterocycles. The third kappa shape index (κ3) is 3.88. The molecule has 0 radical (unpaired) electrons. The number of aromatic nitrogens is 3. The molecule has 0 saturated carbocycles. The first kappa shape index (κ1) is 17.9. The van der Waals surface area contributed by atoms with E-state index in [0.29, 0.717) is 24.3 Å². The number of aliphatic carboxylic acids is 1. The smallest absolute Gasteiger partial charge is 0.303 e. The van der Waals surface area contributed by atoms with Crippen LogP contribution in [0.3, 0.4) is 0 Å². The maximum absolute atomic E-state index is 13.2. The van der Waals surface area contributed by atoms with Gasteiger partial charge in [-0.1, -0.05) is 16.8 Å². The summed E-state index contributed by atoms with van der Waals surface area (Å²) in [6.07, 6.45) is 0.329. The van der Waals surface area contributed by atoms with E-state index in [1.807, 2.05) is 0 Å². The van der Waals surface area contributed by atoms with Gasteiger partial charge in [0, 0.05) is 20.0 Å². The molecule has 0 atom stereocenters. The highest BCUT2D eigenvalue weighted by Gasteiger charge is 2.21. The molecule has 1 aromatic carbocycles. The van der Waals surface area contributed by atoms with Crippen molar-refractivity contribution in [3.63, 3.8) is 0 Å². The van der Waals surface area contributed by atoms with Crippen LogP contribution in [0.1, 0.15) is 29.0 Å². The Bertz CT molecular complexity index is 778. The zero-order chi connectivity index (χ0) is 17.9. The zero-order valence-corrected chi connectivity index (χ0v) is 13.9. The molecule has 0 unspecified atom stereocenters. The first-order chi connectivity index (χ1) is 11.3. The van der Waals surface area contributed by atoms with Crippen molar-refractivity contribution in [3.05, 3.63) is 40.4 Å². The highest BCUT2D eigenvalue weighted by atomic mass is 35.5. The van der Waals surface area contributed by atoms with E-state index in [-0.39, 0.29) is 23.0 Å². The Balaban J connectivity index is 2.18. The number of amides is 1. The molecule has 0 aliphatic rings. The molecule has 0 spiro atoms. The van der Waals surface area contributed by atoms with Gasteiger partial charge in [-0.25, -0.2) is 9.07 Å². The number of benzene rings is 1. The lowest BCUT2D eigenvalue weighted by atomic mass is 10.2. The number of hydrogen-bond acceptors (Lipinski definition) is 4. The number of rotatable bonds is 6. The number of halogens is 2. The Hall–Kier alpha value is -2.48. The fourth-order valence-corrected chi connectivity index (χ4v) is 2.31. The average Bonchev–Trinajstić information content (AvgIpc) is 2.90. The molecular weight excluding hydrogens is 339 g/mol. The van der Waals surface area contributed by atoms with E-state index in [1.54, 1.807) is 14.0 Å². The van der Waals surface area contributed by atoms with Crippen LogP contribution in [-0.4, -0.2) is 50.5 Å². The molecule has 0 aliphatic heterocycles. The summed E-state index contributed by atoms with van der Waals surface area (Å²) in [5, 5.41) is 16.4. The predicted molar refractivity (Wildman–Crippen MR) is 84.9 cm³/mol. The monoisotopic (exact) mass is 354 g/mol. The van der Waals surface area contributed by atoms with Crippen molar-refractivity contribution in [2.24, 2.45) is 0 Å². The second-order valence-corrected chi connectivity index (χ2v) is 5.66. The minimum Gasteiger partial charge on any atom is -0.481 e. The average molecular weight is 355 g/mol. The van der Waals surface area contributed by atoms with Gasteiger partial charge in [0.2, 0.25) is 0 Å². The standard InChI is InChI=1S/C15H16ClFN4O3/c1-9-14(15(24)20(2)7-3-4-13(22)23)18-19-21(9)10-5-6-12(17)11(16)8-10/h5-6,8H,3-4,7H2,1-2H3,(H,22,23). The number of carbonyl (C=O) groups is 2. The maximum Gasteiger partial charge on any atom is 0.303 e. The normalized spacial score (nSPS) is 10.7. The van der Waals surface area contributed by atoms with Gasteiger partial charge in [-0.2, -0.15) is 0 Å². The first-order valence-electron chi connectivity index (χ1n) is 7.16. The van der Waals surface area contributed by atoms with Crippen molar-refractivity contribution in [2.75, 3.05) is 13.6 Å². The number of carbonyl (C=O) groups excluding carboxylic acids is 1. The van der Waals surface area contributed by atoms with Crippen LogP contribution in [-0.2, 0) is 4.79 Å². The largest absolute Gasteiger partial charge is 0.481 e. The summed E-state index contributed by atoms with van der Waals surface area (Å²) in [7, 11) is 1.57. The van der Waals surface area contributed by atoms with Crippen LogP contribution >= 0.6 is 11.6 Å². The van der Waals surface area contributed by atoms with Gasteiger partial charge in [-0.3, -0.25) is 9.59 Å². The predicted octanol–water partition coefficient (Wildman–Crippen LogP) is 2.31. The lowest BCUT2D eigenvalue weighted by Gasteiger charge is -2.15. The number of hydrogen-bond donors (Lipinski definition) is 1. The van der Waals surface area contributed by atoms with E-state index in [4.69, 9.17) is 16.7 Å². The summed E-state index contributed by atoms with van der Waals surface area (Å²) >= 11 is 5.76. The van der Waals surface area contributed by atoms with Crippen LogP contribution in [0.2, 0.25) is 5.02 Å². The van der Waals surface area contributed by atoms with E-state index in [9.17, 15) is 14.0 Å². The quantitative estimate of drug-likeness (QED) is 0.859. The molecule has 9 heteroatoms. The SMILES string of the molecule is Cc1c(C(=O)N(C)CCCC(=O)O)nnn1-c1ccc(F)c(Cl)c1. The molecule has 24 heavy (non-hydrogen) atoms. The van der Waals surface area contributed by atoms with Gasteiger partial charge in [-0.05, 0) is 31.5 Å². The van der Waals surface area contributed by atoms with Crippen molar-refractivity contribution in [3.8, 4) is 5.69 Å². The molecule has 128 valence electrons. The summed E-state index contributed by atoms with van der Waals surface area (Å²) in [6.45, 7) is 1.95. The van der Waals surface area contributed by atoms with Crippen molar-refractivity contribution in [1.29, 1.82) is 0 Å². The molecule has 0 saturated heterocycles. The topological polar surface area (TPSA) is 88.3 Å². The molecule has 0 bridgehead atoms. The fraction of sp³-hybridized carbons (Fsp3) is 0.333. The minimum absolute atomic E-state index is 0.0165. The van der Waals surface area contributed by atoms with E-state index >= 15 is 0 Å².